The number of hydrogen-bond donors (Lipinski definition) is 1. The number of aromatic nitrogens is 4. The minimum Gasteiger partial charge on any atom is -0.368 e. The zero-order chi connectivity index (χ0) is 23.1. The smallest absolute Gasteiger partial charge is 0.156 e. The summed E-state index contributed by atoms with van der Waals surface area (Å²) in [5, 5.41) is 19.7. The average molecular weight is 453 g/mol. The van der Waals surface area contributed by atoms with Gasteiger partial charge in [-0.1, -0.05) is 54.6 Å². The van der Waals surface area contributed by atoms with Gasteiger partial charge in [-0.15, -0.1) is 10.2 Å². The molecule has 0 amide bonds. The van der Waals surface area contributed by atoms with Crippen molar-refractivity contribution < 1.29 is 0 Å². The summed E-state index contributed by atoms with van der Waals surface area (Å²) in [5.74, 6) is 1.62. The average Bonchev–Trinajstić information content (AvgIpc) is 3.42. The van der Waals surface area contributed by atoms with Crippen molar-refractivity contribution in [2.45, 2.75) is 32.7 Å². The maximum atomic E-state index is 4.63. The van der Waals surface area contributed by atoms with Crippen LogP contribution < -0.4 is 5.32 Å². The van der Waals surface area contributed by atoms with Crippen LogP contribution in [-0.4, -0.2) is 44.5 Å². The van der Waals surface area contributed by atoms with Crippen LogP contribution in [-0.2, 0) is 13.6 Å². The molecule has 1 spiro atoms. The molecule has 6 rings (SSSR count). The number of aryl methyl sites for hydroxylation is 2. The van der Waals surface area contributed by atoms with Gasteiger partial charge in [0.1, 0.15) is 5.69 Å². The Labute approximate surface area is 201 Å². The van der Waals surface area contributed by atoms with Crippen LogP contribution >= 0.6 is 0 Å². The number of rotatable bonds is 6. The minimum absolute atomic E-state index is 0.524. The molecule has 0 radical (unpaired) electrons. The quantitative estimate of drug-likeness (QED) is 0.443. The Morgan fingerprint density at radius 2 is 1.71 bits per heavy atom. The zero-order valence-corrected chi connectivity index (χ0v) is 20.0. The molecule has 1 saturated carbocycles. The summed E-state index contributed by atoms with van der Waals surface area (Å²) in [6.07, 6.45) is 5.96. The van der Waals surface area contributed by atoms with E-state index in [-0.39, 0.29) is 0 Å². The molecule has 34 heavy (non-hydrogen) atoms. The molecule has 2 aromatic carbocycles. The summed E-state index contributed by atoms with van der Waals surface area (Å²) in [6, 6.07) is 19.3. The van der Waals surface area contributed by atoms with Gasteiger partial charge >= 0.3 is 0 Å². The SMILES string of the molecule is Cc1nn(C)cc1-c1nnc(NCC2CC23CCN(Cc2ccccc2)CC3)c2ccccc12. The Kier molecular flexibility index (Phi) is 5.33. The molecule has 1 saturated heterocycles. The van der Waals surface area contributed by atoms with E-state index in [0.717, 1.165) is 52.5 Å². The zero-order valence-electron chi connectivity index (χ0n) is 20.0. The first kappa shape index (κ1) is 21.3. The van der Waals surface area contributed by atoms with Gasteiger partial charge in [0.15, 0.2) is 5.82 Å². The van der Waals surface area contributed by atoms with Gasteiger partial charge in [0.05, 0.1) is 5.69 Å². The molecule has 1 aliphatic heterocycles. The number of piperidine rings is 1. The number of fused-ring (bicyclic) bond motifs is 1. The Hall–Kier alpha value is -3.25. The van der Waals surface area contributed by atoms with Crippen LogP contribution in [0.2, 0.25) is 0 Å². The molecular weight excluding hydrogens is 420 g/mol. The molecule has 6 nitrogen and oxygen atoms in total. The van der Waals surface area contributed by atoms with Crippen LogP contribution in [0.15, 0.2) is 60.8 Å². The van der Waals surface area contributed by atoms with Gasteiger partial charge in [0.25, 0.3) is 0 Å². The maximum Gasteiger partial charge on any atom is 0.156 e. The molecule has 1 aliphatic carbocycles. The number of benzene rings is 2. The summed E-state index contributed by atoms with van der Waals surface area (Å²) < 4.78 is 1.84. The summed E-state index contributed by atoms with van der Waals surface area (Å²) in [4.78, 5) is 2.61. The van der Waals surface area contributed by atoms with E-state index >= 15 is 0 Å². The number of nitrogens with one attached hydrogen (secondary N) is 1. The lowest BCUT2D eigenvalue weighted by Gasteiger charge is -2.33. The Bertz CT molecular complexity index is 1300. The van der Waals surface area contributed by atoms with Gasteiger partial charge in [-0.3, -0.25) is 9.58 Å². The van der Waals surface area contributed by atoms with E-state index in [2.05, 4.69) is 80.1 Å². The monoisotopic (exact) mass is 452 g/mol. The van der Waals surface area contributed by atoms with E-state index in [1.54, 1.807) is 0 Å². The third-order valence-electron chi connectivity index (χ3n) is 7.93. The largest absolute Gasteiger partial charge is 0.368 e. The lowest BCUT2D eigenvalue weighted by Crippen LogP contribution is -2.35. The van der Waals surface area contributed by atoms with E-state index < -0.39 is 0 Å². The number of nitrogens with zero attached hydrogens (tertiary/aromatic N) is 5. The number of likely N-dealkylation sites (tertiary alicyclic amines) is 1. The second-order valence-electron chi connectivity index (χ2n) is 10.2. The normalized spacial score (nSPS) is 19.5. The lowest BCUT2D eigenvalue weighted by molar-refractivity contribution is 0.157. The van der Waals surface area contributed by atoms with E-state index in [1.807, 2.05) is 24.9 Å². The fourth-order valence-corrected chi connectivity index (χ4v) is 5.82. The fraction of sp³-hybridized carbons (Fsp3) is 0.393. The molecule has 4 aromatic rings. The van der Waals surface area contributed by atoms with Crippen LogP contribution in [0.25, 0.3) is 22.0 Å². The van der Waals surface area contributed by atoms with E-state index in [4.69, 9.17) is 0 Å². The van der Waals surface area contributed by atoms with Gasteiger partial charge < -0.3 is 5.32 Å². The first-order valence-corrected chi connectivity index (χ1v) is 12.4. The van der Waals surface area contributed by atoms with E-state index in [9.17, 15) is 0 Å². The Morgan fingerprint density at radius 1 is 0.971 bits per heavy atom. The summed E-state index contributed by atoms with van der Waals surface area (Å²) >= 11 is 0. The van der Waals surface area contributed by atoms with E-state index in [1.165, 1.54) is 37.9 Å². The van der Waals surface area contributed by atoms with Crippen molar-refractivity contribution in [2.24, 2.45) is 18.4 Å². The highest BCUT2D eigenvalue weighted by molar-refractivity contribution is 6.00. The second kappa shape index (κ2) is 8.51. The number of hydrogen-bond acceptors (Lipinski definition) is 5. The van der Waals surface area contributed by atoms with Gasteiger partial charge in [0, 0.05) is 42.7 Å². The predicted molar refractivity (Wildman–Crippen MR) is 136 cm³/mol. The first-order chi connectivity index (χ1) is 16.6. The Balaban J connectivity index is 1.12. The third kappa shape index (κ3) is 3.96. The summed E-state index contributed by atoms with van der Waals surface area (Å²) in [7, 11) is 1.94. The van der Waals surface area contributed by atoms with Crippen LogP contribution in [0.3, 0.4) is 0 Å². The van der Waals surface area contributed by atoms with Crippen LogP contribution in [0, 0.1) is 18.3 Å². The minimum atomic E-state index is 0.524. The summed E-state index contributed by atoms with van der Waals surface area (Å²) in [6.45, 7) is 6.48. The molecule has 2 aromatic heterocycles. The summed E-state index contributed by atoms with van der Waals surface area (Å²) in [5.41, 5.74) is 4.86. The van der Waals surface area contributed by atoms with Gasteiger partial charge in [-0.25, -0.2) is 0 Å². The van der Waals surface area contributed by atoms with Crippen molar-refractivity contribution in [3.63, 3.8) is 0 Å². The van der Waals surface area contributed by atoms with E-state index in [0.29, 0.717) is 5.41 Å². The van der Waals surface area contributed by atoms with Gasteiger partial charge in [-0.2, -0.15) is 5.10 Å². The standard InChI is InChI=1S/C28H32N6/c1-20-25(19-33(2)32-20)26-23-10-6-7-11-24(23)27(31-30-26)29-17-22-16-28(22)12-14-34(15-13-28)18-21-8-4-3-5-9-21/h3-11,19,22H,12-18H2,1-2H3,(H,29,31). The van der Waals surface area contributed by atoms with Crippen molar-refractivity contribution >= 4 is 16.6 Å². The molecule has 1 unspecified atom stereocenters. The second-order valence-corrected chi connectivity index (χ2v) is 10.2. The Morgan fingerprint density at radius 3 is 2.44 bits per heavy atom. The molecule has 174 valence electrons. The highest BCUT2D eigenvalue weighted by Crippen LogP contribution is 2.59. The molecule has 2 aliphatic rings. The predicted octanol–water partition coefficient (Wildman–Crippen LogP) is 5.05. The van der Waals surface area contributed by atoms with Crippen molar-refractivity contribution in [3.05, 3.63) is 72.1 Å². The molecule has 0 bridgehead atoms. The highest BCUT2D eigenvalue weighted by atomic mass is 15.3. The molecule has 1 N–H and O–H groups in total. The third-order valence-corrected chi connectivity index (χ3v) is 7.93. The van der Waals surface area contributed by atoms with Crippen molar-refractivity contribution in [1.82, 2.24) is 24.9 Å². The van der Waals surface area contributed by atoms with Crippen LogP contribution in [0.4, 0.5) is 5.82 Å². The topological polar surface area (TPSA) is 58.9 Å². The molecule has 2 fully saturated rings. The maximum absolute atomic E-state index is 4.63. The molecule has 6 heteroatoms. The van der Waals surface area contributed by atoms with Crippen LogP contribution in [0.1, 0.15) is 30.5 Å². The molecular formula is C28H32N6. The van der Waals surface area contributed by atoms with Crippen LogP contribution in [0.5, 0.6) is 0 Å². The van der Waals surface area contributed by atoms with Gasteiger partial charge in [0.2, 0.25) is 0 Å². The highest BCUT2D eigenvalue weighted by Gasteiger charge is 2.54. The van der Waals surface area contributed by atoms with Crippen molar-refractivity contribution in [3.8, 4) is 11.3 Å². The lowest BCUT2D eigenvalue weighted by atomic mass is 9.90. The first-order valence-electron chi connectivity index (χ1n) is 12.4. The van der Waals surface area contributed by atoms with Gasteiger partial charge in [-0.05, 0) is 56.2 Å². The fourth-order valence-electron chi connectivity index (χ4n) is 5.82. The van der Waals surface area contributed by atoms with Crippen molar-refractivity contribution in [1.29, 1.82) is 0 Å². The van der Waals surface area contributed by atoms with Crippen molar-refractivity contribution in [2.75, 3.05) is 25.0 Å². The number of anilines is 1. The molecule has 3 heterocycles. The molecule has 1 atom stereocenters.